The average molecular weight is 820 g/mol. The molecule has 5 aromatic carbocycles. The van der Waals surface area contributed by atoms with E-state index in [0.717, 1.165) is 56.1 Å². The molecule has 0 saturated carbocycles. The van der Waals surface area contributed by atoms with E-state index in [1.54, 1.807) is 0 Å². The molecule has 246 valence electrons. The molecule has 6 heteroatoms. The number of para-hydroxylation sites is 4. The zero-order valence-corrected chi connectivity index (χ0v) is 30.9. The van der Waals surface area contributed by atoms with Crippen molar-refractivity contribution in [2.75, 3.05) is 4.90 Å². The SMILES string of the molecule is Cc1ccnc(-n2c3[c-]c(N(c4[c-]c(-n5[cH+]n(C(C)(C)C)c6ccccc65)ccc4)c4c(C)cccc4C)ccc3c3ccccc32)c1.[Pt]. The van der Waals surface area contributed by atoms with Crippen LogP contribution in [0.4, 0.5) is 17.1 Å². The second kappa shape index (κ2) is 12.5. The van der Waals surface area contributed by atoms with Crippen LogP contribution in [0, 0.1) is 32.9 Å². The van der Waals surface area contributed by atoms with Crippen LogP contribution in [0.1, 0.15) is 37.5 Å². The number of benzene rings is 5. The predicted molar refractivity (Wildman–Crippen MR) is 199 cm³/mol. The number of aromatic nitrogens is 4. The molecule has 49 heavy (non-hydrogen) atoms. The molecule has 0 bridgehead atoms. The molecule has 8 aromatic rings. The van der Waals surface area contributed by atoms with Gasteiger partial charge in [0.1, 0.15) is 5.82 Å². The van der Waals surface area contributed by atoms with E-state index in [9.17, 15) is 0 Å². The summed E-state index contributed by atoms with van der Waals surface area (Å²) in [6, 6.07) is 46.3. The maximum absolute atomic E-state index is 4.81. The normalized spacial score (nSPS) is 11.7. The first kappa shape index (κ1) is 32.6. The van der Waals surface area contributed by atoms with E-state index in [-0.39, 0.29) is 26.6 Å². The van der Waals surface area contributed by atoms with Gasteiger partial charge in [-0.25, -0.2) is 14.1 Å². The molecule has 3 aromatic heterocycles. The van der Waals surface area contributed by atoms with Crippen LogP contribution in [-0.4, -0.2) is 18.7 Å². The van der Waals surface area contributed by atoms with Crippen molar-refractivity contribution < 1.29 is 21.1 Å². The molecule has 0 radical (unpaired) electrons. The molecule has 0 fully saturated rings. The Balaban J connectivity index is 0.00000378. The van der Waals surface area contributed by atoms with Gasteiger partial charge in [-0.05, 0) is 94.0 Å². The van der Waals surface area contributed by atoms with E-state index >= 15 is 0 Å². The Hall–Kier alpha value is -4.99. The largest absolute Gasteiger partial charge is 0.357 e. The number of hydrogen-bond acceptors (Lipinski definition) is 2. The fourth-order valence-electron chi connectivity index (χ4n) is 6.98. The van der Waals surface area contributed by atoms with Gasteiger partial charge in [0.25, 0.3) is 0 Å². The third-order valence-corrected chi connectivity index (χ3v) is 9.22. The number of fused-ring (bicyclic) bond motifs is 4. The predicted octanol–water partition coefficient (Wildman–Crippen LogP) is 11.0. The number of nitrogens with zero attached hydrogens (tertiary/aromatic N) is 5. The van der Waals surface area contributed by atoms with Gasteiger partial charge in [-0.3, -0.25) is 0 Å². The third kappa shape index (κ3) is 5.56. The van der Waals surface area contributed by atoms with Crippen molar-refractivity contribution in [1.82, 2.24) is 18.7 Å². The number of anilines is 3. The zero-order valence-electron chi connectivity index (χ0n) is 28.6. The number of aryl methyl sites for hydroxylation is 3. The van der Waals surface area contributed by atoms with Crippen LogP contribution in [0.2, 0.25) is 0 Å². The van der Waals surface area contributed by atoms with Gasteiger partial charge in [0, 0.05) is 56.3 Å². The summed E-state index contributed by atoms with van der Waals surface area (Å²) in [5.41, 5.74) is 11.8. The summed E-state index contributed by atoms with van der Waals surface area (Å²) in [7, 11) is 0. The van der Waals surface area contributed by atoms with E-state index in [1.807, 2.05) is 12.3 Å². The molecule has 5 nitrogen and oxygen atoms in total. The Morgan fingerprint density at radius 2 is 1.35 bits per heavy atom. The maximum atomic E-state index is 4.81. The van der Waals surface area contributed by atoms with Crippen LogP contribution in [-0.2, 0) is 26.6 Å². The van der Waals surface area contributed by atoms with Gasteiger partial charge >= 0.3 is 0 Å². The van der Waals surface area contributed by atoms with E-state index < -0.39 is 0 Å². The Morgan fingerprint density at radius 1 is 0.673 bits per heavy atom. The summed E-state index contributed by atoms with van der Waals surface area (Å²) >= 11 is 0. The van der Waals surface area contributed by atoms with Crippen molar-refractivity contribution >= 4 is 49.9 Å². The summed E-state index contributed by atoms with van der Waals surface area (Å²) < 4.78 is 6.83. The van der Waals surface area contributed by atoms with Crippen molar-refractivity contribution in [1.29, 1.82) is 0 Å². The van der Waals surface area contributed by atoms with Gasteiger partial charge in [-0.15, -0.1) is 29.7 Å². The molecule has 0 amide bonds. The van der Waals surface area contributed by atoms with E-state index in [0.29, 0.717) is 0 Å². The topological polar surface area (TPSA) is 30.9 Å². The third-order valence-electron chi connectivity index (χ3n) is 9.22. The van der Waals surface area contributed by atoms with Gasteiger partial charge < -0.3 is 9.47 Å². The van der Waals surface area contributed by atoms with Crippen LogP contribution in [0.3, 0.4) is 0 Å². The quantitative estimate of drug-likeness (QED) is 0.162. The van der Waals surface area contributed by atoms with E-state index in [1.165, 1.54) is 22.0 Å². The second-order valence-electron chi connectivity index (χ2n) is 13.7. The van der Waals surface area contributed by atoms with Crippen LogP contribution >= 0.6 is 0 Å². The van der Waals surface area contributed by atoms with Crippen molar-refractivity contribution in [2.45, 2.75) is 47.1 Å². The van der Waals surface area contributed by atoms with Crippen LogP contribution in [0.25, 0.3) is 44.3 Å². The Labute approximate surface area is 302 Å². The minimum atomic E-state index is -0.0816. The molecule has 0 N–H and O–H groups in total. The first-order valence-corrected chi connectivity index (χ1v) is 16.5. The molecule has 0 atom stereocenters. The molecular formula is C43H38N5Pt-. The first-order chi connectivity index (χ1) is 23.2. The van der Waals surface area contributed by atoms with Crippen molar-refractivity contribution in [2.24, 2.45) is 0 Å². The number of imidazole rings is 1. The van der Waals surface area contributed by atoms with Gasteiger partial charge in [-0.1, -0.05) is 59.4 Å². The standard InChI is InChI=1S/C43H38N5.Pt/c1-29-23-24-44-41(25-29)48-37-18-8-7-17-35(37)36-22-21-34(27-40(36)48)47(42-30(2)13-11-14-31(42)3)33-16-12-15-32(26-33)45-28-46(43(4,5)6)39-20-10-9-19-38(39)45;/h7-25,28H,1-6H3;/q-1;. The van der Waals surface area contributed by atoms with E-state index in [2.05, 4.69) is 182 Å². The van der Waals surface area contributed by atoms with Crippen molar-refractivity contribution in [3.63, 3.8) is 0 Å². The molecule has 0 aliphatic rings. The Bertz CT molecular complexity index is 2480. The molecular weight excluding hydrogens is 782 g/mol. The Morgan fingerprint density at radius 3 is 2.08 bits per heavy atom. The molecule has 8 rings (SSSR count). The molecule has 0 aliphatic heterocycles. The molecule has 0 saturated heterocycles. The van der Waals surface area contributed by atoms with Gasteiger partial charge in [-0.2, -0.15) is 12.1 Å². The van der Waals surface area contributed by atoms with Gasteiger partial charge in [0.05, 0.1) is 5.54 Å². The van der Waals surface area contributed by atoms with E-state index in [4.69, 9.17) is 4.98 Å². The second-order valence-corrected chi connectivity index (χ2v) is 13.7. The van der Waals surface area contributed by atoms with Crippen LogP contribution < -0.4 is 4.90 Å². The molecule has 0 spiro atoms. The minimum absolute atomic E-state index is 0. The number of rotatable bonds is 5. The fraction of sp³-hybridized carbons (Fsp3) is 0.163. The summed E-state index contributed by atoms with van der Waals surface area (Å²) in [6.07, 6.45) is 4.09. The smallest absolute Gasteiger partial charge is 0.188 e. The van der Waals surface area contributed by atoms with Crippen LogP contribution in [0.5, 0.6) is 0 Å². The zero-order chi connectivity index (χ0) is 33.2. The fourth-order valence-corrected chi connectivity index (χ4v) is 6.98. The van der Waals surface area contributed by atoms with Gasteiger partial charge in [0.15, 0.2) is 17.4 Å². The number of pyridine rings is 1. The van der Waals surface area contributed by atoms with Gasteiger partial charge in [0.2, 0.25) is 0 Å². The average Bonchev–Trinajstić information content (AvgIpc) is 3.63. The van der Waals surface area contributed by atoms with Crippen molar-refractivity contribution in [3.05, 3.63) is 151 Å². The summed E-state index contributed by atoms with van der Waals surface area (Å²) in [6.45, 7) is 13.2. The number of hydrogen-bond donors (Lipinski definition) is 0. The summed E-state index contributed by atoms with van der Waals surface area (Å²) in [4.78, 5) is 7.12. The first-order valence-electron chi connectivity index (χ1n) is 16.5. The Kier molecular flexibility index (Phi) is 8.29. The molecule has 0 aliphatic carbocycles. The monoisotopic (exact) mass is 819 g/mol. The molecule has 0 unspecified atom stereocenters. The minimum Gasteiger partial charge on any atom is -0.357 e. The maximum Gasteiger partial charge on any atom is 0.188 e. The van der Waals surface area contributed by atoms with Crippen molar-refractivity contribution in [3.8, 4) is 11.5 Å². The molecule has 3 heterocycles. The summed E-state index contributed by atoms with van der Waals surface area (Å²) in [5, 5.41) is 2.32. The summed E-state index contributed by atoms with van der Waals surface area (Å²) in [5.74, 6) is 0.883. The van der Waals surface area contributed by atoms with Crippen LogP contribution in [0.15, 0.2) is 122 Å².